The van der Waals surface area contributed by atoms with Crippen LogP contribution in [0, 0.1) is 0 Å². The molecule has 2 rings (SSSR count). The summed E-state index contributed by atoms with van der Waals surface area (Å²) in [4.78, 5) is 12.3. The molecule has 3 nitrogen and oxygen atoms in total. The van der Waals surface area contributed by atoms with Crippen LogP contribution in [-0.2, 0) is 10.3 Å². The van der Waals surface area contributed by atoms with Gasteiger partial charge in [0.25, 0.3) is 0 Å². The zero-order chi connectivity index (χ0) is 14.6. The van der Waals surface area contributed by atoms with E-state index in [2.05, 4.69) is 5.32 Å². The Labute approximate surface area is 138 Å². The third-order valence-corrected chi connectivity index (χ3v) is 4.37. The van der Waals surface area contributed by atoms with Gasteiger partial charge in [0.15, 0.2) is 0 Å². The van der Waals surface area contributed by atoms with Gasteiger partial charge in [-0.2, -0.15) is 0 Å². The molecule has 1 aliphatic carbocycles. The van der Waals surface area contributed by atoms with Gasteiger partial charge in [0.05, 0.1) is 11.6 Å². The first kappa shape index (κ1) is 18.3. The van der Waals surface area contributed by atoms with Crippen LogP contribution < -0.4 is 11.1 Å². The highest BCUT2D eigenvalue weighted by Gasteiger charge is 2.37. The standard InChI is InChI=1S/C16H23ClN2O.ClH/c1-2-6-14(18)15(20)19-16(9-3-4-10-16)12-7-5-8-13(17)11-12;/h5,7-8,11,14H,2-4,6,9-10,18H2,1H3,(H,19,20);1H. The second-order valence-electron chi connectivity index (χ2n) is 5.68. The topological polar surface area (TPSA) is 55.1 Å². The highest BCUT2D eigenvalue weighted by Crippen LogP contribution is 2.39. The fourth-order valence-electron chi connectivity index (χ4n) is 3.02. The van der Waals surface area contributed by atoms with E-state index in [1.165, 1.54) is 0 Å². The quantitative estimate of drug-likeness (QED) is 0.863. The Bertz CT molecular complexity index is 473. The van der Waals surface area contributed by atoms with Gasteiger partial charge in [-0.15, -0.1) is 12.4 Å². The molecule has 0 bridgehead atoms. The molecule has 1 saturated carbocycles. The van der Waals surface area contributed by atoms with Gasteiger partial charge in [0.1, 0.15) is 0 Å². The molecule has 0 aliphatic heterocycles. The van der Waals surface area contributed by atoms with Crippen molar-refractivity contribution in [3.05, 3.63) is 34.9 Å². The monoisotopic (exact) mass is 330 g/mol. The fourth-order valence-corrected chi connectivity index (χ4v) is 3.21. The van der Waals surface area contributed by atoms with Gasteiger partial charge in [-0.25, -0.2) is 0 Å². The van der Waals surface area contributed by atoms with E-state index >= 15 is 0 Å². The third-order valence-electron chi connectivity index (χ3n) is 4.13. The lowest BCUT2D eigenvalue weighted by Gasteiger charge is -2.32. The van der Waals surface area contributed by atoms with E-state index in [0.29, 0.717) is 5.02 Å². The molecule has 1 atom stereocenters. The Hall–Kier alpha value is -0.770. The van der Waals surface area contributed by atoms with Crippen LogP contribution in [0.2, 0.25) is 5.02 Å². The number of hydrogen-bond donors (Lipinski definition) is 2. The van der Waals surface area contributed by atoms with Crippen molar-refractivity contribution >= 4 is 29.9 Å². The van der Waals surface area contributed by atoms with E-state index in [0.717, 1.165) is 44.1 Å². The number of benzene rings is 1. The molecule has 0 spiro atoms. The van der Waals surface area contributed by atoms with Gasteiger partial charge in [-0.05, 0) is 37.0 Å². The first-order valence-electron chi connectivity index (χ1n) is 7.41. The Morgan fingerprint density at radius 1 is 1.43 bits per heavy atom. The molecule has 3 N–H and O–H groups in total. The van der Waals surface area contributed by atoms with Gasteiger partial charge < -0.3 is 11.1 Å². The zero-order valence-corrected chi connectivity index (χ0v) is 14.0. The van der Waals surface area contributed by atoms with Crippen molar-refractivity contribution in [3.8, 4) is 0 Å². The van der Waals surface area contributed by atoms with Gasteiger partial charge >= 0.3 is 0 Å². The number of hydrogen-bond acceptors (Lipinski definition) is 2. The van der Waals surface area contributed by atoms with Crippen molar-refractivity contribution in [2.24, 2.45) is 5.73 Å². The van der Waals surface area contributed by atoms with Crippen molar-refractivity contribution in [1.29, 1.82) is 0 Å². The summed E-state index contributed by atoms with van der Waals surface area (Å²) in [6, 6.07) is 7.38. The number of amides is 1. The Morgan fingerprint density at radius 2 is 2.10 bits per heavy atom. The van der Waals surface area contributed by atoms with Crippen molar-refractivity contribution in [2.75, 3.05) is 0 Å². The molecule has 5 heteroatoms. The Morgan fingerprint density at radius 3 is 2.67 bits per heavy atom. The van der Waals surface area contributed by atoms with E-state index in [4.69, 9.17) is 17.3 Å². The molecule has 0 aromatic heterocycles. The second-order valence-corrected chi connectivity index (χ2v) is 6.12. The lowest BCUT2D eigenvalue weighted by molar-refractivity contribution is -0.124. The number of carbonyl (C=O) groups excluding carboxylic acids is 1. The first-order valence-corrected chi connectivity index (χ1v) is 7.79. The highest BCUT2D eigenvalue weighted by molar-refractivity contribution is 6.30. The summed E-state index contributed by atoms with van der Waals surface area (Å²) in [5, 5.41) is 3.91. The predicted octanol–water partition coefficient (Wildman–Crippen LogP) is 3.77. The summed E-state index contributed by atoms with van der Waals surface area (Å²) in [6.45, 7) is 2.04. The average molecular weight is 331 g/mol. The smallest absolute Gasteiger partial charge is 0.237 e. The number of halogens is 2. The Kier molecular flexibility index (Phi) is 6.98. The van der Waals surface area contributed by atoms with Crippen LogP contribution in [0.1, 0.15) is 51.0 Å². The average Bonchev–Trinajstić information content (AvgIpc) is 2.89. The van der Waals surface area contributed by atoms with Crippen molar-refractivity contribution in [1.82, 2.24) is 5.32 Å². The minimum absolute atomic E-state index is 0. The van der Waals surface area contributed by atoms with E-state index in [-0.39, 0.29) is 23.9 Å². The fraction of sp³-hybridized carbons (Fsp3) is 0.562. The summed E-state index contributed by atoms with van der Waals surface area (Å²) in [5.74, 6) is -0.0475. The summed E-state index contributed by atoms with van der Waals surface area (Å²) in [5.41, 5.74) is 6.75. The second kappa shape index (κ2) is 8.02. The minimum atomic E-state index is -0.420. The molecular weight excluding hydrogens is 307 g/mol. The van der Waals surface area contributed by atoms with E-state index in [1.54, 1.807) is 0 Å². The van der Waals surface area contributed by atoms with E-state index < -0.39 is 6.04 Å². The molecule has 0 heterocycles. The van der Waals surface area contributed by atoms with Crippen LogP contribution in [0.3, 0.4) is 0 Å². The summed E-state index contributed by atoms with van der Waals surface area (Å²) >= 11 is 6.10. The van der Waals surface area contributed by atoms with Gasteiger partial charge in [-0.3, -0.25) is 4.79 Å². The first-order chi connectivity index (χ1) is 9.57. The summed E-state index contributed by atoms with van der Waals surface area (Å²) in [6.07, 6.45) is 5.79. The molecule has 1 aliphatic rings. The molecule has 21 heavy (non-hydrogen) atoms. The molecule has 1 aromatic carbocycles. The van der Waals surface area contributed by atoms with Crippen LogP contribution >= 0.6 is 24.0 Å². The maximum Gasteiger partial charge on any atom is 0.237 e. The normalized spacial score (nSPS) is 17.9. The number of rotatable bonds is 5. The van der Waals surface area contributed by atoms with Crippen molar-refractivity contribution < 1.29 is 4.79 Å². The lowest BCUT2D eigenvalue weighted by atomic mass is 9.87. The third kappa shape index (κ3) is 4.35. The Balaban J connectivity index is 0.00000220. The van der Waals surface area contributed by atoms with Gasteiger partial charge in [0, 0.05) is 5.02 Å². The van der Waals surface area contributed by atoms with Gasteiger partial charge in [0.2, 0.25) is 5.91 Å². The molecule has 118 valence electrons. The summed E-state index contributed by atoms with van der Waals surface area (Å²) in [7, 11) is 0. The molecule has 1 amide bonds. The molecule has 0 radical (unpaired) electrons. The van der Waals surface area contributed by atoms with E-state index in [1.807, 2.05) is 31.2 Å². The zero-order valence-electron chi connectivity index (χ0n) is 12.4. The molecule has 1 aromatic rings. The van der Waals surface area contributed by atoms with Crippen LogP contribution in [0.4, 0.5) is 0 Å². The maximum absolute atomic E-state index is 12.3. The molecule has 1 fully saturated rings. The molecule has 1 unspecified atom stereocenters. The molecular formula is C16H24Cl2N2O. The highest BCUT2D eigenvalue weighted by atomic mass is 35.5. The number of nitrogens with one attached hydrogen (secondary N) is 1. The van der Waals surface area contributed by atoms with Gasteiger partial charge in [-0.1, -0.05) is 49.9 Å². The van der Waals surface area contributed by atoms with Crippen LogP contribution in [-0.4, -0.2) is 11.9 Å². The number of nitrogens with two attached hydrogens (primary N) is 1. The minimum Gasteiger partial charge on any atom is -0.345 e. The van der Waals surface area contributed by atoms with E-state index in [9.17, 15) is 4.79 Å². The van der Waals surface area contributed by atoms with Crippen LogP contribution in [0.15, 0.2) is 24.3 Å². The molecule has 0 saturated heterocycles. The predicted molar refractivity (Wildman–Crippen MR) is 89.9 cm³/mol. The van der Waals surface area contributed by atoms with Crippen molar-refractivity contribution in [3.63, 3.8) is 0 Å². The summed E-state index contributed by atoms with van der Waals surface area (Å²) < 4.78 is 0. The number of carbonyl (C=O) groups is 1. The SMILES string of the molecule is CCCC(N)C(=O)NC1(c2cccc(Cl)c2)CCCC1.Cl. The lowest BCUT2D eigenvalue weighted by Crippen LogP contribution is -2.50. The van der Waals surface area contributed by atoms with Crippen LogP contribution in [0.25, 0.3) is 0 Å². The largest absolute Gasteiger partial charge is 0.345 e. The van der Waals surface area contributed by atoms with Crippen LogP contribution in [0.5, 0.6) is 0 Å². The van der Waals surface area contributed by atoms with Crippen molar-refractivity contribution in [2.45, 2.75) is 57.0 Å². The maximum atomic E-state index is 12.3.